The molecular weight excluding hydrogens is 382 g/mol. The largest absolute Gasteiger partial charge is 0.339 e. The summed E-state index contributed by atoms with van der Waals surface area (Å²) in [7, 11) is 0. The molecule has 3 rings (SSSR count). The third-order valence-electron chi connectivity index (χ3n) is 3.55. The number of Topliss-reactive ketones (excluding diaryl/α,β-unsaturated/α-hetero) is 1. The zero-order chi connectivity index (χ0) is 17.8. The summed E-state index contributed by atoms with van der Waals surface area (Å²) in [5, 5.41) is 14.2. The number of benzene rings is 2. The average Bonchev–Trinajstić information content (AvgIpc) is 2.59. The van der Waals surface area contributed by atoms with Crippen molar-refractivity contribution < 1.29 is 4.79 Å². The first-order chi connectivity index (χ1) is 12.0. The number of halogens is 1. The molecule has 1 aromatic heterocycles. The summed E-state index contributed by atoms with van der Waals surface area (Å²) in [6, 6.07) is 13.1. The molecule has 0 saturated heterocycles. The van der Waals surface area contributed by atoms with Gasteiger partial charge < -0.3 is 10.6 Å². The Morgan fingerprint density at radius 1 is 1.04 bits per heavy atom. The Labute approximate surface area is 153 Å². The van der Waals surface area contributed by atoms with Crippen LogP contribution in [0.15, 0.2) is 53.1 Å². The Morgan fingerprint density at radius 2 is 1.76 bits per heavy atom. The number of nitrogens with one attached hydrogen (secondary N) is 2. The number of nitrogens with zero attached hydrogens (tertiary/aromatic N) is 3. The summed E-state index contributed by atoms with van der Waals surface area (Å²) < 4.78 is 1.00. The number of anilines is 4. The molecule has 0 saturated carbocycles. The van der Waals surface area contributed by atoms with Crippen molar-refractivity contribution in [1.82, 2.24) is 15.2 Å². The molecule has 6 nitrogen and oxygen atoms in total. The third-order valence-corrected chi connectivity index (χ3v) is 4.40. The van der Waals surface area contributed by atoms with Gasteiger partial charge in [0.1, 0.15) is 0 Å². The first-order valence-corrected chi connectivity index (χ1v) is 8.41. The summed E-state index contributed by atoms with van der Waals surface area (Å²) in [4.78, 5) is 15.7. The molecule has 0 radical (unpaired) electrons. The van der Waals surface area contributed by atoms with Crippen LogP contribution in [0.25, 0.3) is 0 Å². The number of rotatable bonds is 5. The van der Waals surface area contributed by atoms with Crippen LogP contribution >= 0.6 is 15.9 Å². The number of hydrogen-bond acceptors (Lipinski definition) is 6. The highest BCUT2D eigenvalue weighted by Gasteiger charge is 2.04. The van der Waals surface area contributed by atoms with Crippen LogP contribution in [0.1, 0.15) is 22.8 Å². The van der Waals surface area contributed by atoms with E-state index in [2.05, 4.69) is 41.7 Å². The monoisotopic (exact) mass is 397 g/mol. The van der Waals surface area contributed by atoms with E-state index in [1.165, 1.54) is 13.1 Å². The lowest BCUT2D eigenvalue weighted by molar-refractivity contribution is 0.101. The lowest BCUT2D eigenvalue weighted by Crippen LogP contribution is -2.02. The first-order valence-electron chi connectivity index (χ1n) is 7.62. The SMILES string of the molecule is CC(=O)c1ccc(Nc2cnnc(Nc3ccc(C)c(Br)c3)n2)cc1. The van der Waals surface area contributed by atoms with Gasteiger partial charge in [-0.25, -0.2) is 0 Å². The fraction of sp³-hybridized carbons (Fsp3) is 0.111. The fourth-order valence-corrected chi connectivity index (χ4v) is 2.53. The molecule has 0 unspecified atom stereocenters. The summed E-state index contributed by atoms with van der Waals surface area (Å²) in [5.41, 5.74) is 3.49. The van der Waals surface area contributed by atoms with Crippen LogP contribution in [0, 0.1) is 6.92 Å². The molecule has 126 valence electrons. The van der Waals surface area contributed by atoms with Crippen LogP contribution in [0.5, 0.6) is 0 Å². The maximum absolute atomic E-state index is 11.3. The van der Waals surface area contributed by atoms with Gasteiger partial charge in [-0.15, -0.1) is 5.10 Å². The molecule has 0 amide bonds. The lowest BCUT2D eigenvalue weighted by Gasteiger charge is -2.09. The maximum atomic E-state index is 11.3. The minimum atomic E-state index is 0.0333. The molecule has 2 aromatic carbocycles. The molecule has 0 aliphatic heterocycles. The van der Waals surface area contributed by atoms with Gasteiger partial charge in [-0.3, -0.25) is 4.79 Å². The number of hydrogen-bond donors (Lipinski definition) is 2. The molecule has 0 aliphatic rings. The number of ketones is 1. The van der Waals surface area contributed by atoms with Crippen LogP contribution in [-0.2, 0) is 0 Å². The van der Waals surface area contributed by atoms with E-state index in [4.69, 9.17) is 0 Å². The molecule has 2 N–H and O–H groups in total. The van der Waals surface area contributed by atoms with E-state index in [1.807, 2.05) is 37.3 Å². The van der Waals surface area contributed by atoms with E-state index < -0.39 is 0 Å². The summed E-state index contributed by atoms with van der Waals surface area (Å²) in [6.45, 7) is 3.56. The van der Waals surface area contributed by atoms with Crippen LogP contribution in [0.3, 0.4) is 0 Å². The normalized spacial score (nSPS) is 10.4. The van der Waals surface area contributed by atoms with E-state index in [9.17, 15) is 4.79 Å². The highest BCUT2D eigenvalue weighted by Crippen LogP contribution is 2.23. The number of carbonyl (C=O) groups excluding carboxylic acids is 1. The van der Waals surface area contributed by atoms with Gasteiger partial charge in [0.2, 0.25) is 5.95 Å². The van der Waals surface area contributed by atoms with Crippen molar-refractivity contribution >= 4 is 44.9 Å². The van der Waals surface area contributed by atoms with Gasteiger partial charge in [-0.05, 0) is 55.8 Å². The van der Waals surface area contributed by atoms with E-state index in [0.29, 0.717) is 17.3 Å². The highest BCUT2D eigenvalue weighted by molar-refractivity contribution is 9.10. The van der Waals surface area contributed by atoms with Crippen LogP contribution in [-0.4, -0.2) is 21.0 Å². The molecule has 0 bridgehead atoms. The maximum Gasteiger partial charge on any atom is 0.249 e. The van der Waals surface area contributed by atoms with Crippen molar-refractivity contribution in [2.24, 2.45) is 0 Å². The Balaban J connectivity index is 1.74. The van der Waals surface area contributed by atoms with Crippen LogP contribution in [0.2, 0.25) is 0 Å². The number of carbonyl (C=O) groups is 1. The molecule has 25 heavy (non-hydrogen) atoms. The van der Waals surface area contributed by atoms with Crippen molar-refractivity contribution in [2.75, 3.05) is 10.6 Å². The van der Waals surface area contributed by atoms with Crippen LogP contribution in [0.4, 0.5) is 23.1 Å². The van der Waals surface area contributed by atoms with E-state index in [1.54, 1.807) is 12.1 Å². The Bertz CT molecular complexity index is 912. The van der Waals surface area contributed by atoms with Crippen LogP contribution < -0.4 is 10.6 Å². The quantitative estimate of drug-likeness (QED) is 0.610. The average molecular weight is 398 g/mol. The first kappa shape index (κ1) is 17.0. The Hall–Kier alpha value is -2.80. The molecular formula is C18H16BrN5O. The predicted octanol–water partition coefficient (Wildman–Crippen LogP) is 4.63. The van der Waals surface area contributed by atoms with Gasteiger partial charge in [0.15, 0.2) is 11.6 Å². The van der Waals surface area contributed by atoms with Gasteiger partial charge in [-0.2, -0.15) is 10.1 Å². The van der Waals surface area contributed by atoms with Crippen molar-refractivity contribution in [2.45, 2.75) is 13.8 Å². The van der Waals surface area contributed by atoms with Crippen molar-refractivity contribution in [3.8, 4) is 0 Å². The van der Waals surface area contributed by atoms with Gasteiger partial charge in [0.05, 0.1) is 6.20 Å². The third kappa shape index (κ3) is 4.39. The summed E-state index contributed by atoms with van der Waals surface area (Å²) in [6.07, 6.45) is 1.54. The van der Waals surface area contributed by atoms with Gasteiger partial charge in [0.25, 0.3) is 0 Å². The highest BCUT2D eigenvalue weighted by atomic mass is 79.9. The zero-order valence-electron chi connectivity index (χ0n) is 13.7. The minimum absolute atomic E-state index is 0.0333. The Morgan fingerprint density at radius 3 is 2.44 bits per heavy atom. The second-order valence-corrected chi connectivity index (χ2v) is 6.37. The minimum Gasteiger partial charge on any atom is -0.339 e. The summed E-state index contributed by atoms with van der Waals surface area (Å²) in [5.74, 6) is 0.978. The standard InChI is InChI=1S/C18H16BrN5O/c1-11-3-6-15(9-16(11)19)22-18-23-17(10-20-24-18)21-14-7-4-13(5-8-14)12(2)25/h3-10H,1-2H3,(H2,21,22,23,24). The summed E-state index contributed by atoms with van der Waals surface area (Å²) >= 11 is 3.50. The van der Waals surface area contributed by atoms with Crippen molar-refractivity contribution in [3.63, 3.8) is 0 Å². The predicted molar refractivity (Wildman–Crippen MR) is 102 cm³/mol. The van der Waals surface area contributed by atoms with E-state index in [-0.39, 0.29) is 5.78 Å². The molecule has 0 atom stereocenters. The smallest absolute Gasteiger partial charge is 0.249 e. The zero-order valence-corrected chi connectivity index (χ0v) is 15.3. The molecule has 1 heterocycles. The molecule has 7 heteroatoms. The van der Waals surface area contributed by atoms with Gasteiger partial charge in [0, 0.05) is 21.4 Å². The number of aromatic nitrogens is 3. The molecule has 0 spiro atoms. The van der Waals surface area contributed by atoms with Gasteiger partial charge >= 0.3 is 0 Å². The van der Waals surface area contributed by atoms with E-state index >= 15 is 0 Å². The second kappa shape index (κ2) is 7.40. The lowest BCUT2D eigenvalue weighted by atomic mass is 10.1. The second-order valence-electron chi connectivity index (χ2n) is 5.51. The van der Waals surface area contributed by atoms with E-state index in [0.717, 1.165) is 21.4 Å². The molecule has 0 aliphatic carbocycles. The molecule has 0 fully saturated rings. The fourth-order valence-electron chi connectivity index (χ4n) is 2.15. The number of aryl methyl sites for hydroxylation is 1. The van der Waals surface area contributed by atoms with Crippen molar-refractivity contribution in [1.29, 1.82) is 0 Å². The van der Waals surface area contributed by atoms with Gasteiger partial charge in [-0.1, -0.05) is 22.0 Å². The topological polar surface area (TPSA) is 79.8 Å². The molecule has 3 aromatic rings. The Kier molecular flexibility index (Phi) is 5.04. The van der Waals surface area contributed by atoms with Crippen molar-refractivity contribution in [3.05, 3.63) is 64.3 Å².